The first-order valence-electron chi connectivity index (χ1n) is 6.27. The van der Waals surface area contributed by atoms with Gasteiger partial charge in [0.15, 0.2) is 0 Å². The first kappa shape index (κ1) is 15.3. The fraction of sp³-hybridized carbons (Fsp3) is 0.357. The predicted molar refractivity (Wildman–Crippen MR) is 77.5 cm³/mol. The summed E-state index contributed by atoms with van der Waals surface area (Å²) in [5, 5.41) is 9.59. The van der Waals surface area contributed by atoms with Gasteiger partial charge in [-0.25, -0.2) is 9.78 Å². The minimum atomic E-state index is -1.14. The second-order valence-corrected chi connectivity index (χ2v) is 5.94. The Bertz CT molecular complexity index is 716. The molecule has 0 aromatic carbocycles. The van der Waals surface area contributed by atoms with Gasteiger partial charge in [0.05, 0.1) is 10.6 Å². The number of hydrogen-bond donors (Lipinski definition) is 1. The molecule has 0 amide bonds. The van der Waals surface area contributed by atoms with Gasteiger partial charge in [0.25, 0.3) is 0 Å². The highest BCUT2D eigenvalue weighted by atomic mass is 35.5. The molecule has 0 bridgehead atoms. The average Bonchev–Trinajstić information content (AvgIpc) is 2.70. The van der Waals surface area contributed by atoms with Gasteiger partial charge in [0.1, 0.15) is 17.8 Å². The molecular formula is C14H15ClN2O4. The van der Waals surface area contributed by atoms with Gasteiger partial charge in [0, 0.05) is 17.8 Å². The molecule has 2 rings (SSSR count). The van der Waals surface area contributed by atoms with Crippen molar-refractivity contribution < 1.29 is 19.4 Å². The lowest BCUT2D eigenvalue weighted by molar-refractivity contribution is -0.155. The fourth-order valence-electron chi connectivity index (χ4n) is 1.90. The number of ether oxygens (including phenoxy) is 1. The normalized spacial score (nSPS) is 11.6. The molecule has 2 heterocycles. The Morgan fingerprint density at radius 2 is 2.10 bits per heavy atom. The van der Waals surface area contributed by atoms with Crippen LogP contribution in [0.3, 0.4) is 0 Å². The van der Waals surface area contributed by atoms with Crippen LogP contribution in [-0.4, -0.2) is 32.2 Å². The molecule has 21 heavy (non-hydrogen) atoms. The monoisotopic (exact) mass is 310 g/mol. The van der Waals surface area contributed by atoms with Crippen molar-refractivity contribution in [3.63, 3.8) is 0 Å². The molecule has 112 valence electrons. The Balaban J connectivity index is 2.33. The predicted octanol–water partition coefficient (Wildman–Crippen LogP) is 2.73. The maximum atomic E-state index is 11.8. The number of fused-ring (bicyclic) bond motifs is 1. The molecule has 1 N–H and O–H groups in total. The Hall–Kier alpha value is -2.08. The summed E-state index contributed by atoms with van der Waals surface area (Å²) in [5.74, 6) is -1.55. The molecule has 0 fully saturated rings. The first-order chi connectivity index (χ1) is 9.69. The number of carboxylic acid groups (broad SMARTS) is 1. The van der Waals surface area contributed by atoms with E-state index in [-0.39, 0.29) is 17.1 Å². The van der Waals surface area contributed by atoms with Crippen molar-refractivity contribution >= 4 is 34.6 Å². The fourth-order valence-corrected chi connectivity index (χ4v) is 2.17. The molecule has 0 atom stereocenters. The summed E-state index contributed by atoms with van der Waals surface area (Å²) in [6.07, 6.45) is 2.80. The molecular weight excluding hydrogens is 296 g/mol. The van der Waals surface area contributed by atoms with Crippen LogP contribution in [0.1, 0.15) is 31.1 Å². The summed E-state index contributed by atoms with van der Waals surface area (Å²) in [6.45, 7) is 5.34. The van der Waals surface area contributed by atoms with Gasteiger partial charge < -0.3 is 14.4 Å². The van der Waals surface area contributed by atoms with Crippen LogP contribution in [0.15, 0.2) is 18.5 Å². The lowest BCUT2D eigenvalue weighted by Gasteiger charge is -2.19. The highest BCUT2D eigenvalue weighted by molar-refractivity contribution is 6.38. The van der Waals surface area contributed by atoms with Crippen molar-refractivity contribution in [3.8, 4) is 0 Å². The van der Waals surface area contributed by atoms with E-state index in [1.165, 1.54) is 6.20 Å². The molecule has 0 radical (unpaired) electrons. The van der Waals surface area contributed by atoms with Gasteiger partial charge in [-0.05, 0) is 26.8 Å². The van der Waals surface area contributed by atoms with Crippen LogP contribution in [0.5, 0.6) is 0 Å². The molecule has 2 aromatic rings. The zero-order valence-corrected chi connectivity index (χ0v) is 12.6. The van der Waals surface area contributed by atoms with E-state index in [0.717, 1.165) is 0 Å². The smallest absolute Gasteiger partial charge is 0.338 e. The highest BCUT2D eigenvalue weighted by Gasteiger charge is 2.19. The molecule has 0 saturated carbocycles. The van der Waals surface area contributed by atoms with E-state index < -0.39 is 17.5 Å². The number of rotatable bonds is 3. The Labute approximate surface area is 126 Å². The zero-order valence-electron chi connectivity index (χ0n) is 11.9. The van der Waals surface area contributed by atoms with Crippen LogP contribution in [0, 0.1) is 0 Å². The summed E-state index contributed by atoms with van der Waals surface area (Å²) in [7, 11) is 0. The number of esters is 1. The van der Waals surface area contributed by atoms with Gasteiger partial charge in [0.2, 0.25) is 0 Å². The minimum Gasteiger partial charge on any atom is -0.478 e. The number of halogens is 1. The van der Waals surface area contributed by atoms with E-state index in [4.69, 9.17) is 21.4 Å². The van der Waals surface area contributed by atoms with Crippen LogP contribution in [-0.2, 0) is 16.1 Å². The number of aromatic carboxylic acids is 1. The van der Waals surface area contributed by atoms with Crippen molar-refractivity contribution in [2.24, 2.45) is 0 Å². The van der Waals surface area contributed by atoms with Crippen LogP contribution < -0.4 is 0 Å². The Morgan fingerprint density at radius 1 is 1.43 bits per heavy atom. The molecule has 7 heteroatoms. The third-order valence-electron chi connectivity index (χ3n) is 2.67. The van der Waals surface area contributed by atoms with E-state index in [1.54, 1.807) is 37.6 Å². The number of aromatic nitrogens is 2. The number of pyridine rings is 1. The molecule has 0 aliphatic heterocycles. The molecule has 0 spiro atoms. The first-order valence-corrected chi connectivity index (χ1v) is 6.65. The third-order valence-corrected chi connectivity index (χ3v) is 3.08. The van der Waals surface area contributed by atoms with Gasteiger partial charge >= 0.3 is 11.9 Å². The molecule has 0 aliphatic carbocycles. The van der Waals surface area contributed by atoms with Crippen LogP contribution >= 0.6 is 11.6 Å². The number of carboxylic acids is 1. The standard InChI is InChI=1S/C14H15ClN2O4/c1-14(2,3)21-10(18)7-17-5-4-8-11(15)9(13(19)20)6-16-12(8)17/h4-6H,7H2,1-3H3,(H,19,20). The molecule has 0 unspecified atom stereocenters. The van der Waals surface area contributed by atoms with Gasteiger partial charge in [-0.3, -0.25) is 4.79 Å². The van der Waals surface area contributed by atoms with Crippen LogP contribution in [0.25, 0.3) is 11.0 Å². The van der Waals surface area contributed by atoms with Gasteiger partial charge in [-0.2, -0.15) is 0 Å². The topological polar surface area (TPSA) is 81.4 Å². The molecule has 2 aromatic heterocycles. The summed E-state index contributed by atoms with van der Waals surface area (Å²) in [6, 6.07) is 1.63. The van der Waals surface area contributed by atoms with Gasteiger partial charge in [-0.1, -0.05) is 11.6 Å². The van der Waals surface area contributed by atoms with E-state index in [0.29, 0.717) is 11.0 Å². The van der Waals surface area contributed by atoms with E-state index in [1.807, 2.05) is 0 Å². The largest absolute Gasteiger partial charge is 0.478 e. The van der Waals surface area contributed by atoms with Gasteiger partial charge in [-0.15, -0.1) is 0 Å². The summed E-state index contributed by atoms with van der Waals surface area (Å²) in [5.41, 5.74) is -0.197. The molecule has 6 nitrogen and oxygen atoms in total. The average molecular weight is 311 g/mol. The Morgan fingerprint density at radius 3 is 2.67 bits per heavy atom. The van der Waals surface area contributed by atoms with E-state index in [2.05, 4.69) is 4.98 Å². The number of hydrogen-bond acceptors (Lipinski definition) is 4. The van der Waals surface area contributed by atoms with Crippen LogP contribution in [0.2, 0.25) is 5.02 Å². The quantitative estimate of drug-likeness (QED) is 0.881. The third kappa shape index (κ3) is 3.33. The summed E-state index contributed by atoms with van der Waals surface area (Å²) < 4.78 is 6.81. The van der Waals surface area contributed by atoms with Crippen LogP contribution in [0.4, 0.5) is 0 Å². The van der Waals surface area contributed by atoms with Crippen molar-refractivity contribution in [2.45, 2.75) is 32.9 Å². The van der Waals surface area contributed by atoms with Crippen molar-refractivity contribution in [2.75, 3.05) is 0 Å². The summed E-state index contributed by atoms with van der Waals surface area (Å²) in [4.78, 5) is 26.9. The molecule has 0 saturated heterocycles. The second-order valence-electron chi connectivity index (χ2n) is 5.56. The number of nitrogens with zero attached hydrogens (tertiary/aromatic N) is 2. The lowest BCUT2D eigenvalue weighted by Crippen LogP contribution is -2.26. The zero-order chi connectivity index (χ0) is 15.8. The number of carbonyl (C=O) groups is 2. The van der Waals surface area contributed by atoms with Crippen molar-refractivity contribution in [1.29, 1.82) is 0 Å². The van der Waals surface area contributed by atoms with Crippen molar-refractivity contribution in [1.82, 2.24) is 9.55 Å². The second kappa shape index (κ2) is 5.37. The van der Waals surface area contributed by atoms with E-state index >= 15 is 0 Å². The SMILES string of the molecule is CC(C)(C)OC(=O)Cn1ccc2c(Cl)c(C(=O)O)cnc21. The van der Waals surface area contributed by atoms with E-state index in [9.17, 15) is 9.59 Å². The minimum absolute atomic E-state index is 0.0173. The Kier molecular flexibility index (Phi) is 3.91. The lowest BCUT2D eigenvalue weighted by atomic mass is 10.2. The maximum absolute atomic E-state index is 11.8. The highest BCUT2D eigenvalue weighted by Crippen LogP contribution is 2.26. The summed E-state index contributed by atoms with van der Waals surface area (Å²) >= 11 is 6.04. The number of carbonyl (C=O) groups excluding carboxylic acids is 1. The maximum Gasteiger partial charge on any atom is 0.338 e. The molecule has 0 aliphatic rings. The van der Waals surface area contributed by atoms with Crippen molar-refractivity contribution in [3.05, 3.63) is 29.0 Å².